The second-order valence-corrected chi connectivity index (χ2v) is 7.04. The first-order valence-electron chi connectivity index (χ1n) is 7.76. The predicted molar refractivity (Wildman–Crippen MR) is 89.2 cm³/mol. The Morgan fingerprint density at radius 1 is 1.25 bits per heavy atom. The number of amides is 1. The van der Waals surface area contributed by atoms with E-state index in [1.165, 1.54) is 11.3 Å². The molecule has 1 fully saturated rings. The topological polar surface area (TPSA) is 88.8 Å². The van der Waals surface area contributed by atoms with Gasteiger partial charge in [0.1, 0.15) is 11.5 Å². The molecular weight excluding hydrogens is 330 g/mol. The molecule has 0 aliphatic carbocycles. The van der Waals surface area contributed by atoms with Crippen LogP contribution < -0.4 is 5.32 Å². The van der Waals surface area contributed by atoms with E-state index in [-0.39, 0.29) is 12.5 Å². The number of ether oxygens (including phenoxy) is 1. The Labute approximate surface area is 143 Å². The highest BCUT2D eigenvalue weighted by Gasteiger charge is 2.40. The van der Waals surface area contributed by atoms with Crippen LogP contribution in [0.3, 0.4) is 0 Å². The van der Waals surface area contributed by atoms with Crippen LogP contribution in [0.25, 0.3) is 10.6 Å². The minimum Gasteiger partial charge on any atom is -0.481 e. The highest BCUT2D eigenvalue weighted by atomic mass is 32.1. The van der Waals surface area contributed by atoms with Gasteiger partial charge in [-0.1, -0.05) is 0 Å². The normalized spacial score (nSPS) is 16.7. The number of hydrogen-bond donors (Lipinski definition) is 2. The van der Waals surface area contributed by atoms with Crippen LogP contribution in [0.2, 0.25) is 0 Å². The van der Waals surface area contributed by atoms with Crippen LogP contribution in [0.15, 0.2) is 28.7 Å². The lowest BCUT2D eigenvalue weighted by molar-refractivity contribution is -0.154. The third-order valence-electron chi connectivity index (χ3n) is 4.30. The molecular formula is C17H19NO5S. The molecule has 1 aliphatic rings. The first-order valence-corrected chi connectivity index (χ1v) is 8.58. The molecule has 0 atom stereocenters. The van der Waals surface area contributed by atoms with Crippen molar-refractivity contribution in [2.75, 3.05) is 19.8 Å². The molecule has 0 saturated carbocycles. The van der Waals surface area contributed by atoms with Crippen molar-refractivity contribution in [1.29, 1.82) is 0 Å². The minimum absolute atomic E-state index is 0.109. The molecule has 2 aromatic heterocycles. The van der Waals surface area contributed by atoms with Gasteiger partial charge in [0.2, 0.25) is 0 Å². The quantitative estimate of drug-likeness (QED) is 0.866. The van der Waals surface area contributed by atoms with Crippen molar-refractivity contribution in [2.24, 2.45) is 5.41 Å². The van der Waals surface area contributed by atoms with Crippen molar-refractivity contribution in [3.63, 3.8) is 0 Å². The van der Waals surface area contributed by atoms with E-state index in [1.807, 2.05) is 25.1 Å². The molecule has 2 N–H and O–H groups in total. The summed E-state index contributed by atoms with van der Waals surface area (Å²) in [7, 11) is 0. The van der Waals surface area contributed by atoms with Gasteiger partial charge in [-0.3, -0.25) is 9.59 Å². The number of carbonyl (C=O) groups is 2. The van der Waals surface area contributed by atoms with Gasteiger partial charge < -0.3 is 19.6 Å². The molecule has 24 heavy (non-hydrogen) atoms. The molecule has 6 nitrogen and oxygen atoms in total. The van der Waals surface area contributed by atoms with E-state index in [2.05, 4.69) is 5.32 Å². The number of rotatable bonds is 5. The number of aliphatic carboxylic acids is 1. The Morgan fingerprint density at radius 3 is 2.62 bits per heavy atom. The maximum Gasteiger partial charge on any atom is 0.311 e. The second kappa shape index (κ2) is 6.78. The zero-order chi connectivity index (χ0) is 17.2. The molecule has 3 heterocycles. The number of nitrogens with one attached hydrogen (secondary N) is 1. The van der Waals surface area contributed by atoms with Crippen molar-refractivity contribution in [3.8, 4) is 10.6 Å². The number of carbonyl (C=O) groups excluding carboxylic acids is 1. The summed E-state index contributed by atoms with van der Waals surface area (Å²) in [6.07, 6.45) is 0.813. The molecule has 128 valence electrons. The third kappa shape index (κ3) is 3.37. The van der Waals surface area contributed by atoms with Gasteiger partial charge in [-0.05, 0) is 44.0 Å². The van der Waals surface area contributed by atoms with Crippen LogP contribution >= 0.6 is 11.3 Å². The molecule has 1 saturated heterocycles. The fourth-order valence-electron chi connectivity index (χ4n) is 2.72. The summed E-state index contributed by atoms with van der Waals surface area (Å²) in [5, 5.41) is 12.3. The van der Waals surface area contributed by atoms with Gasteiger partial charge >= 0.3 is 5.97 Å². The predicted octanol–water partition coefficient (Wildman–Crippen LogP) is 2.93. The van der Waals surface area contributed by atoms with Crippen LogP contribution in [0, 0.1) is 12.3 Å². The van der Waals surface area contributed by atoms with Gasteiger partial charge in [-0.25, -0.2) is 0 Å². The van der Waals surface area contributed by atoms with Gasteiger partial charge in [-0.15, -0.1) is 11.3 Å². The summed E-state index contributed by atoms with van der Waals surface area (Å²) in [5.74, 6) is 0.390. The van der Waals surface area contributed by atoms with Crippen LogP contribution in [0.1, 0.15) is 28.3 Å². The minimum atomic E-state index is -0.938. The van der Waals surface area contributed by atoms with E-state index < -0.39 is 11.4 Å². The first-order chi connectivity index (χ1) is 11.5. The SMILES string of the molecule is Cc1ccc(-c2ccc(C(=O)NCC3(C(=O)O)CCOCC3)s2)o1. The number of hydrogen-bond acceptors (Lipinski definition) is 5. The maximum atomic E-state index is 12.3. The average molecular weight is 349 g/mol. The Balaban J connectivity index is 1.67. The largest absolute Gasteiger partial charge is 0.481 e. The molecule has 0 radical (unpaired) electrons. The van der Waals surface area contributed by atoms with Gasteiger partial charge in [0.05, 0.1) is 15.2 Å². The maximum absolute atomic E-state index is 12.3. The molecule has 0 bridgehead atoms. The van der Waals surface area contributed by atoms with Crippen molar-refractivity contribution >= 4 is 23.2 Å². The molecule has 2 aromatic rings. The Morgan fingerprint density at radius 2 is 2.00 bits per heavy atom. The molecule has 3 rings (SSSR count). The third-order valence-corrected chi connectivity index (χ3v) is 5.40. The molecule has 1 amide bonds. The van der Waals surface area contributed by atoms with Gasteiger partial charge in [0, 0.05) is 19.8 Å². The highest BCUT2D eigenvalue weighted by molar-refractivity contribution is 7.17. The van der Waals surface area contributed by atoms with Crippen molar-refractivity contribution in [1.82, 2.24) is 5.32 Å². The average Bonchev–Trinajstić information content (AvgIpc) is 3.22. The molecule has 1 aliphatic heterocycles. The number of thiophene rings is 1. The van der Waals surface area contributed by atoms with Gasteiger partial charge in [0.15, 0.2) is 0 Å². The Bertz CT molecular complexity index is 742. The summed E-state index contributed by atoms with van der Waals surface area (Å²) in [4.78, 5) is 25.3. The summed E-state index contributed by atoms with van der Waals surface area (Å²) in [6.45, 7) is 2.79. The van der Waals surface area contributed by atoms with E-state index in [4.69, 9.17) is 9.15 Å². The van der Waals surface area contributed by atoms with E-state index >= 15 is 0 Å². The van der Waals surface area contributed by atoms with Crippen molar-refractivity contribution in [3.05, 3.63) is 34.9 Å². The van der Waals surface area contributed by atoms with Gasteiger partial charge in [-0.2, -0.15) is 0 Å². The van der Waals surface area contributed by atoms with Crippen LogP contribution in [0.5, 0.6) is 0 Å². The summed E-state index contributed by atoms with van der Waals surface area (Å²) in [5.41, 5.74) is -0.938. The Kier molecular flexibility index (Phi) is 4.73. The monoisotopic (exact) mass is 349 g/mol. The van der Waals surface area contributed by atoms with Crippen LogP contribution in [-0.4, -0.2) is 36.7 Å². The van der Waals surface area contributed by atoms with E-state index in [0.29, 0.717) is 30.9 Å². The zero-order valence-electron chi connectivity index (χ0n) is 13.3. The standard InChI is InChI=1S/C17H19NO5S/c1-11-2-3-12(23-11)13-4-5-14(24-13)15(19)18-10-17(16(20)21)6-8-22-9-7-17/h2-5H,6-10H2,1H3,(H,18,19)(H,20,21). The van der Waals surface area contributed by atoms with E-state index in [1.54, 1.807) is 6.07 Å². The highest BCUT2D eigenvalue weighted by Crippen LogP contribution is 2.31. The number of aryl methyl sites for hydroxylation is 1. The molecule has 0 spiro atoms. The summed E-state index contributed by atoms with van der Waals surface area (Å²) in [6, 6.07) is 7.30. The number of furan rings is 1. The molecule has 7 heteroatoms. The number of carboxylic acid groups (broad SMARTS) is 1. The van der Waals surface area contributed by atoms with E-state index in [9.17, 15) is 14.7 Å². The summed E-state index contributed by atoms with van der Waals surface area (Å²) >= 11 is 1.32. The van der Waals surface area contributed by atoms with E-state index in [0.717, 1.165) is 16.4 Å². The van der Waals surface area contributed by atoms with Crippen LogP contribution in [0.4, 0.5) is 0 Å². The fourth-order valence-corrected chi connectivity index (χ4v) is 3.61. The lowest BCUT2D eigenvalue weighted by Gasteiger charge is -2.33. The number of carboxylic acids is 1. The van der Waals surface area contributed by atoms with Crippen molar-refractivity contribution < 1.29 is 23.8 Å². The fraction of sp³-hybridized carbons (Fsp3) is 0.412. The second-order valence-electron chi connectivity index (χ2n) is 5.95. The summed E-state index contributed by atoms with van der Waals surface area (Å²) < 4.78 is 10.8. The van der Waals surface area contributed by atoms with Gasteiger partial charge in [0.25, 0.3) is 5.91 Å². The van der Waals surface area contributed by atoms with Crippen LogP contribution in [-0.2, 0) is 9.53 Å². The zero-order valence-corrected chi connectivity index (χ0v) is 14.1. The van der Waals surface area contributed by atoms with Crippen molar-refractivity contribution in [2.45, 2.75) is 19.8 Å². The molecule has 0 aromatic carbocycles. The first kappa shape index (κ1) is 16.7. The Hall–Kier alpha value is -2.12. The lowest BCUT2D eigenvalue weighted by Crippen LogP contribution is -2.46. The molecule has 0 unspecified atom stereocenters. The smallest absolute Gasteiger partial charge is 0.311 e. The lowest BCUT2D eigenvalue weighted by atomic mass is 9.80.